The fraction of sp³-hybridized carbons (Fsp3) is 0.0667. The molecule has 0 fully saturated rings. The van der Waals surface area contributed by atoms with Crippen molar-refractivity contribution in [1.82, 2.24) is 14.4 Å². The number of ether oxygens (including phenoxy) is 1. The summed E-state index contributed by atoms with van der Waals surface area (Å²) >= 11 is 5.84. The molecule has 3 heterocycles. The molecule has 0 amide bonds. The van der Waals surface area contributed by atoms with E-state index in [1.807, 2.05) is 0 Å². The van der Waals surface area contributed by atoms with Crippen LogP contribution in [0.5, 0.6) is 0 Å². The number of rotatable bonds is 3. The second kappa shape index (κ2) is 5.95. The van der Waals surface area contributed by atoms with Gasteiger partial charge in [0.25, 0.3) is 5.56 Å². The van der Waals surface area contributed by atoms with Gasteiger partial charge in [0, 0.05) is 18.5 Å². The lowest BCUT2D eigenvalue weighted by Crippen LogP contribution is -2.16. The monoisotopic (exact) mass is 315 g/mol. The Morgan fingerprint density at radius 3 is 2.91 bits per heavy atom. The molecule has 3 aromatic rings. The maximum atomic E-state index is 12.0. The van der Waals surface area contributed by atoms with Crippen LogP contribution in [0.2, 0.25) is 5.02 Å². The molecule has 0 bridgehead atoms. The van der Waals surface area contributed by atoms with E-state index >= 15 is 0 Å². The van der Waals surface area contributed by atoms with Crippen molar-refractivity contribution in [1.29, 1.82) is 0 Å². The van der Waals surface area contributed by atoms with Gasteiger partial charge in [0.05, 0.1) is 10.7 Å². The number of hydrogen-bond donors (Lipinski definition) is 0. The van der Waals surface area contributed by atoms with E-state index in [0.717, 1.165) is 0 Å². The van der Waals surface area contributed by atoms with Crippen LogP contribution in [-0.4, -0.2) is 20.3 Å². The third-order valence-corrected chi connectivity index (χ3v) is 3.13. The third-order valence-electron chi connectivity index (χ3n) is 2.90. The van der Waals surface area contributed by atoms with Crippen molar-refractivity contribution in [2.24, 2.45) is 0 Å². The van der Waals surface area contributed by atoms with E-state index in [1.54, 1.807) is 30.3 Å². The summed E-state index contributed by atoms with van der Waals surface area (Å²) in [5.41, 5.74) is 0.695. The molecule has 0 saturated heterocycles. The quantitative estimate of drug-likeness (QED) is 0.692. The van der Waals surface area contributed by atoms with Crippen molar-refractivity contribution in [3.05, 3.63) is 75.6 Å². The van der Waals surface area contributed by atoms with E-state index < -0.39 is 5.97 Å². The van der Waals surface area contributed by atoms with Crippen LogP contribution in [0.4, 0.5) is 0 Å². The van der Waals surface area contributed by atoms with E-state index in [4.69, 9.17) is 16.3 Å². The first-order valence-corrected chi connectivity index (χ1v) is 6.77. The zero-order chi connectivity index (χ0) is 15.5. The summed E-state index contributed by atoms with van der Waals surface area (Å²) in [5.74, 6) is -0.571. The minimum atomic E-state index is -0.571. The lowest BCUT2D eigenvalue weighted by molar-refractivity contribution is 0.0460. The number of hydrogen-bond acceptors (Lipinski definition) is 5. The minimum Gasteiger partial charge on any atom is -0.454 e. The molecule has 7 heteroatoms. The molecule has 0 N–H and O–H groups in total. The van der Waals surface area contributed by atoms with Gasteiger partial charge in [-0.3, -0.25) is 9.20 Å². The predicted molar refractivity (Wildman–Crippen MR) is 79.8 cm³/mol. The molecule has 0 unspecified atom stereocenters. The highest BCUT2D eigenvalue weighted by Crippen LogP contribution is 2.09. The number of esters is 1. The van der Waals surface area contributed by atoms with Crippen molar-refractivity contribution in [3.8, 4) is 0 Å². The van der Waals surface area contributed by atoms with Gasteiger partial charge in [0.15, 0.2) is 0 Å². The molecule has 3 rings (SSSR count). The van der Waals surface area contributed by atoms with Gasteiger partial charge < -0.3 is 4.74 Å². The van der Waals surface area contributed by atoms with Crippen LogP contribution in [0.25, 0.3) is 5.65 Å². The number of halogens is 1. The van der Waals surface area contributed by atoms with Gasteiger partial charge in [-0.2, -0.15) is 0 Å². The van der Waals surface area contributed by atoms with Crippen LogP contribution in [0.15, 0.2) is 53.6 Å². The van der Waals surface area contributed by atoms with Crippen molar-refractivity contribution >= 4 is 23.2 Å². The maximum Gasteiger partial charge on any atom is 0.357 e. The van der Waals surface area contributed by atoms with Gasteiger partial charge in [-0.15, -0.1) is 0 Å². The first-order chi connectivity index (χ1) is 10.6. The lowest BCUT2D eigenvalue weighted by atomic mass is 10.3. The van der Waals surface area contributed by atoms with Gasteiger partial charge in [-0.1, -0.05) is 17.7 Å². The summed E-state index contributed by atoms with van der Waals surface area (Å²) in [6.07, 6.45) is 2.98. The Kier molecular flexibility index (Phi) is 3.84. The largest absolute Gasteiger partial charge is 0.454 e. The molecule has 0 aliphatic carbocycles. The molecule has 0 aliphatic heterocycles. The number of fused-ring (bicyclic) bond motifs is 1. The van der Waals surface area contributed by atoms with E-state index in [9.17, 15) is 9.59 Å². The first-order valence-electron chi connectivity index (χ1n) is 6.39. The standard InChI is InChI=1S/C15H10ClN3O3/c16-10-4-5-13-18-11(7-14(20)19(13)8-10)9-22-15(21)12-3-1-2-6-17-12/h1-8H,9H2. The number of carbonyl (C=O) groups excluding carboxylic acids is 1. The van der Waals surface area contributed by atoms with Crippen molar-refractivity contribution in [2.75, 3.05) is 0 Å². The number of nitrogens with zero attached hydrogens (tertiary/aromatic N) is 3. The van der Waals surface area contributed by atoms with Gasteiger partial charge in [-0.25, -0.2) is 14.8 Å². The average Bonchev–Trinajstić information content (AvgIpc) is 2.54. The molecule has 0 spiro atoms. The van der Waals surface area contributed by atoms with Crippen molar-refractivity contribution in [3.63, 3.8) is 0 Å². The van der Waals surface area contributed by atoms with Gasteiger partial charge >= 0.3 is 5.97 Å². The Labute approximate surface area is 130 Å². The van der Waals surface area contributed by atoms with Crippen LogP contribution in [0, 0.1) is 0 Å². The highest BCUT2D eigenvalue weighted by molar-refractivity contribution is 6.30. The molecule has 0 aliphatic rings. The smallest absolute Gasteiger partial charge is 0.357 e. The minimum absolute atomic E-state index is 0.107. The molecule has 110 valence electrons. The lowest BCUT2D eigenvalue weighted by Gasteiger charge is -2.06. The molecule has 6 nitrogen and oxygen atoms in total. The maximum absolute atomic E-state index is 12.0. The molecule has 22 heavy (non-hydrogen) atoms. The topological polar surface area (TPSA) is 73.6 Å². The van der Waals surface area contributed by atoms with E-state index in [0.29, 0.717) is 16.4 Å². The summed E-state index contributed by atoms with van der Waals surface area (Å²) < 4.78 is 6.43. The fourth-order valence-electron chi connectivity index (χ4n) is 1.90. The molecule has 0 aromatic carbocycles. The molecule has 0 saturated carbocycles. The Morgan fingerprint density at radius 1 is 1.27 bits per heavy atom. The molecular formula is C15H10ClN3O3. The summed E-state index contributed by atoms with van der Waals surface area (Å²) in [4.78, 5) is 31.9. The molecule has 0 radical (unpaired) electrons. The van der Waals surface area contributed by atoms with Crippen LogP contribution >= 0.6 is 11.6 Å². The van der Waals surface area contributed by atoms with Crippen LogP contribution in [-0.2, 0) is 11.3 Å². The Morgan fingerprint density at radius 2 is 2.14 bits per heavy atom. The highest BCUT2D eigenvalue weighted by Gasteiger charge is 2.10. The Hall–Kier alpha value is -2.73. The molecule has 0 atom stereocenters. The second-order valence-electron chi connectivity index (χ2n) is 4.45. The van der Waals surface area contributed by atoms with Gasteiger partial charge in [0.1, 0.15) is 17.9 Å². The van der Waals surface area contributed by atoms with Crippen molar-refractivity contribution < 1.29 is 9.53 Å². The first kappa shape index (κ1) is 14.2. The molecular weight excluding hydrogens is 306 g/mol. The van der Waals surface area contributed by atoms with Crippen LogP contribution < -0.4 is 5.56 Å². The van der Waals surface area contributed by atoms with E-state index in [-0.39, 0.29) is 17.9 Å². The van der Waals surface area contributed by atoms with Crippen LogP contribution in [0.3, 0.4) is 0 Å². The predicted octanol–water partition coefficient (Wildman–Crippen LogP) is 2.10. The Balaban J connectivity index is 1.81. The normalized spacial score (nSPS) is 10.6. The number of carbonyl (C=O) groups is 1. The second-order valence-corrected chi connectivity index (χ2v) is 4.89. The zero-order valence-corrected chi connectivity index (χ0v) is 12.0. The van der Waals surface area contributed by atoms with E-state index in [1.165, 1.54) is 22.9 Å². The molecule has 3 aromatic heterocycles. The SMILES string of the molecule is O=C(OCc1cc(=O)n2cc(Cl)ccc2n1)c1ccccn1. The number of aromatic nitrogens is 3. The third kappa shape index (κ3) is 2.96. The Bertz CT molecular complexity index is 893. The number of pyridine rings is 2. The van der Waals surface area contributed by atoms with Gasteiger partial charge in [0.2, 0.25) is 0 Å². The van der Waals surface area contributed by atoms with Gasteiger partial charge in [-0.05, 0) is 24.3 Å². The summed E-state index contributed by atoms with van der Waals surface area (Å²) in [7, 11) is 0. The summed E-state index contributed by atoms with van der Waals surface area (Å²) in [6.45, 7) is -0.107. The fourth-order valence-corrected chi connectivity index (χ4v) is 2.06. The zero-order valence-electron chi connectivity index (χ0n) is 11.3. The van der Waals surface area contributed by atoms with Crippen molar-refractivity contribution in [2.45, 2.75) is 6.61 Å². The average molecular weight is 316 g/mol. The van der Waals surface area contributed by atoms with Crippen LogP contribution in [0.1, 0.15) is 16.2 Å². The summed E-state index contributed by atoms with van der Waals surface area (Å²) in [6, 6.07) is 9.49. The highest BCUT2D eigenvalue weighted by atomic mass is 35.5. The summed E-state index contributed by atoms with van der Waals surface area (Å²) in [5, 5.41) is 0.436. The van der Waals surface area contributed by atoms with E-state index in [2.05, 4.69) is 9.97 Å².